The summed E-state index contributed by atoms with van der Waals surface area (Å²) in [7, 11) is 1.83. The minimum atomic E-state index is 0. The number of rotatable bonds is 7. The Bertz CT molecular complexity index is 238. The molecule has 0 aromatic carbocycles. The molecule has 0 unspecified atom stereocenters. The highest BCUT2D eigenvalue weighted by atomic mass is 127. The van der Waals surface area contributed by atoms with Crippen LogP contribution in [0.5, 0.6) is 0 Å². The quantitative estimate of drug-likeness (QED) is 0.307. The maximum absolute atomic E-state index is 4.22. The van der Waals surface area contributed by atoms with Gasteiger partial charge >= 0.3 is 0 Å². The highest BCUT2D eigenvalue weighted by Gasteiger charge is 2.09. The zero-order valence-corrected chi connectivity index (χ0v) is 15.1. The third-order valence-corrected chi connectivity index (χ3v) is 3.29. The van der Waals surface area contributed by atoms with Crippen LogP contribution in [0.2, 0.25) is 0 Å². The van der Waals surface area contributed by atoms with E-state index in [1.54, 1.807) is 0 Å². The molecule has 1 aliphatic heterocycles. The number of guanidine groups is 1. The Morgan fingerprint density at radius 3 is 2.42 bits per heavy atom. The molecule has 2 N–H and O–H groups in total. The van der Waals surface area contributed by atoms with Crippen molar-refractivity contribution in [1.29, 1.82) is 0 Å². The van der Waals surface area contributed by atoms with Gasteiger partial charge in [-0.2, -0.15) is 0 Å². The molecule has 4 nitrogen and oxygen atoms in total. The Balaban J connectivity index is 0.00000324. The molecule has 0 bridgehead atoms. The molecule has 19 heavy (non-hydrogen) atoms. The third kappa shape index (κ3) is 9.49. The number of hydrogen-bond acceptors (Lipinski definition) is 2. The molecule has 114 valence electrons. The fraction of sp³-hybridized carbons (Fsp3) is 0.929. The van der Waals surface area contributed by atoms with Crippen molar-refractivity contribution in [3.8, 4) is 0 Å². The van der Waals surface area contributed by atoms with Crippen molar-refractivity contribution in [3.05, 3.63) is 0 Å². The highest BCUT2D eigenvalue weighted by molar-refractivity contribution is 14.0. The van der Waals surface area contributed by atoms with E-state index in [1.807, 2.05) is 7.05 Å². The maximum Gasteiger partial charge on any atom is 0.190 e. The van der Waals surface area contributed by atoms with E-state index in [2.05, 4.69) is 34.4 Å². The van der Waals surface area contributed by atoms with Crippen molar-refractivity contribution < 1.29 is 0 Å². The Kier molecular flexibility index (Phi) is 11.7. The molecular formula is C14H31IN4. The third-order valence-electron chi connectivity index (χ3n) is 3.29. The van der Waals surface area contributed by atoms with Crippen molar-refractivity contribution in [2.45, 2.75) is 39.5 Å². The maximum atomic E-state index is 4.22. The van der Waals surface area contributed by atoms with E-state index in [4.69, 9.17) is 0 Å². The molecule has 0 saturated carbocycles. The summed E-state index contributed by atoms with van der Waals surface area (Å²) in [4.78, 5) is 6.79. The first-order valence-electron chi connectivity index (χ1n) is 7.39. The molecule has 1 rings (SSSR count). The monoisotopic (exact) mass is 382 g/mol. The number of nitrogens with zero attached hydrogens (tertiary/aromatic N) is 2. The summed E-state index contributed by atoms with van der Waals surface area (Å²) >= 11 is 0. The second kappa shape index (κ2) is 11.8. The Hall–Kier alpha value is -0.0400. The SMILES string of the molecule is CN=C(NCCCCN1CCCC1)NCC(C)C.I. The van der Waals surface area contributed by atoms with Crippen molar-refractivity contribution >= 4 is 29.9 Å². The first kappa shape index (κ1) is 19.0. The molecule has 0 aromatic rings. The predicted octanol–water partition coefficient (Wildman–Crippen LogP) is 2.30. The summed E-state index contributed by atoms with van der Waals surface area (Å²) in [5.41, 5.74) is 0. The minimum Gasteiger partial charge on any atom is -0.356 e. The van der Waals surface area contributed by atoms with Gasteiger partial charge in [-0.3, -0.25) is 4.99 Å². The highest BCUT2D eigenvalue weighted by Crippen LogP contribution is 2.07. The van der Waals surface area contributed by atoms with Gasteiger partial charge in [0.2, 0.25) is 0 Å². The smallest absolute Gasteiger partial charge is 0.190 e. The molecule has 5 heteroatoms. The molecule has 0 atom stereocenters. The van der Waals surface area contributed by atoms with Gasteiger partial charge in [-0.05, 0) is 51.2 Å². The van der Waals surface area contributed by atoms with E-state index in [-0.39, 0.29) is 24.0 Å². The molecule has 0 amide bonds. The molecule has 0 aromatic heterocycles. The van der Waals surface area contributed by atoms with Crippen LogP contribution in [0.25, 0.3) is 0 Å². The van der Waals surface area contributed by atoms with Crippen LogP contribution in [0, 0.1) is 5.92 Å². The van der Waals surface area contributed by atoms with Crippen LogP contribution in [-0.4, -0.2) is 50.6 Å². The molecule has 1 fully saturated rings. The van der Waals surface area contributed by atoms with E-state index < -0.39 is 0 Å². The van der Waals surface area contributed by atoms with Crippen LogP contribution in [0.1, 0.15) is 39.5 Å². The van der Waals surface area contributed by atoms with Gasteiger partial charge < -0.3 is 15.5 Å². The largest absolute Gasteiger partial charge is 0.356 e. The van der Waals surface area contributed by atoms with Crippen LogP contribution >= 0.6 is 24.0 Å². The first-order chi connectivity index (χ1) is 8.72. The molecule has 0 radical (unpaired) electrons. The number of hydrogen-bond donors (Lipinski definition) is 2. The van der Waals surface area contributed by atoms with Gasteiger partial charge in [-0.1, -0.05) is 13.8 Å². The fourth-order valence-electron chi connectivity index (χ4n) is 2.19. The standard InChI is InChI=1S/C14H30N4.HI/c1-13(2)12-17-14(15-3)16-8-4-5-9-18-10-6-7-11-18;/h13H,4-12H2,1-3H3,(H2,15,16,17);1H. The van der Waals surface area contributed by atoms with Crippen LogP contribution in [0.3, 0.4) is 0 Å². The normalized spacial score (nSPS) is 16.5. The lowest BCUT2D eigenvalue weighted by atomic mass is 10.2. The average molecular weight is 382 g/mol. The fourth-order valence-corrected chi connectivity index (χ4v) is 2.19. The summed E-state index contributed by atoms with van der Waals surface area (Å²) in [6, 6.07) is 0. The lowest BCUT2D eigenvalue weighted by molar-refractivity contribution is 0.330. The zero-order chi connectivity index (χ0) is 13.2. The zero-order valence-electron chi connectivity index (χ0n) is 12.7. The molecular weight excluding hydrogens is 351 g/mol. The van der Waals surface area contributed by atoms with Gasteiger partial charge in [0.1, 0.15) is 0 Å². The number of halogens is 1. The van der Waals surface area contributed by atoms with Crippen LogP contribution in [0.15, 0.2) is 4.99 Å². The lowest BCUT2D eigenvalue weighted by Gasteiger charge is -2.15. The summed E-state index contributed by atoms with van der Waals surface area (Å²) in [6.07, 6.45) is 5.29. The average Bonchev–Trinajstić information content (AvgIpc) is 2.85. The van der Waals surface area contributed by atoms with E-state index in [9.17, 15) is 0 Å². The minimum absolute atomic E-state index is 0. The van der Waals surface area contributed by atoms with Gasteiger partial charge in [0, 0.05) is 20.1 Å². The van der Waals surface area contributed by atoms with Gasteiger partial charge in [0.25, 0.3) is 0 Å². The van der Waals surface area contributed by atoms with Crippen LogP contribution in [0.4, 0.5) is 0 Å². The molecule has 1 aliphatic rings. The van der Waals surface area contributed by atoms with Gasteiger partial charge in [0.15, 0.2) is 5.96 Å². The Morgan fingerprint density at radius 1 is 1.16 bits per heavy atom. The summed E-state index contributed by atoms with van der Waals surface area (Å²) in [6.45, 7) is 10.3. The molecule has 0 spiro atoms. The van der Waals surface area contributed by atoms with Gasteiger partial charge in [0.05, 0.1) is 0 Å². The van der Waals surface area contributed by atoms with Crippen molar-refractivity contribution in [2.75, 3.05) is 39.8 Å². The second-order valence-electron chi connectivity index (χ2n) is 5.53. The number of aliphatic imine (C=N–C) groups is 1. The van der Waals surface area contributed by atoms with E-state index in [1.165, 1.54) is 45.3 Å². The number of nitrogens with one attached hydrogen (secondary N) is 2. The molecule has 0 aliphatic carbocycles. The van der Waals surface area contributed by atoms with Crippen LogP contribution in [-0.2, 0) is 0 Å². The number of likely N-dealkylation sites (tertiary alicyclic amines) is 1. The van der Waals surface area contributed by atoms with Gasteiger partial charge in [-0.25, -0.2) is 0 Å². The molecule has 1 saturated heterocycles. The topological polar surface area (TPSA) is 39.7 Å². The van der Waals surface area contributed by atoms with Crippen LogP contribution < -0.4 is 10.6 Å². The van der Waals surface area contributed by atoms with Crippen molar-refractivity contribution in [2.24, 2.45) is 10.9 Å². The first-order valence-corrected chi connectivity index (χ1v) is 7.39. The Labute approximate surface area is 135 Å². The van der Waals surface area contributed by atoms with Crippen molar-refractivity contribution in [1.82, 2.24) is 15.5 Å². The van der Waals surface area contributed by atoms with Gasteiger partial charge in [-0.15, -0.1) is 24.0 Å². The lowest BCUT2D eigenvalue weighted by Crippen LogP contribution is -2.39. The van der Waals surface area contributed by atoms with Crippen molar-refractivity contribution in [3.63, 3.8) is 0 Å². The predicted molar refractivity (Wildman–Crippen MR) is 94.5 cm³/mol. The Morgan fingerprint density at radius 2 is 1.84 bits per heavy atom. The number of unbranched alkanes of at least 4 members (excludes halogenated alkanes) is 1. The summed E-state index contributed by atoms with van der Waals surface area (Å²) < 4.78 is 0. The molecule has 1 heterocycles. The summed E-state index contributed by atoms with van der Waals surface area (Å²) in [5, 5.41) is 6.70. The summed E-state index contributed by atoms with van der Waals surface area (Å²) in [5.74, 6) is 1.59. The van der Waals surface area contributed by atoms with E-state index >= 15 is 0 Å². The van der Waals surface area contributed by atoms with E-state index in [0.29, 0.717) is 5.92 Å². The second-order valence-corrected chi connectivity index (χ2v) is 5.53. The van der Waals surface area contributed by atoms with E-state index in [0.717, 1.165) is 19.0 Å².